The van der Waals surface area contributed by atoms with E-state index in [1.54, 1.807) is 6.92 Å². The lowest BCUT2D eigenvalue weighted by molar-refractivity contribution is -0.146. The van der Waals surface area contributed by atoms with Gasteiger partial charge in [0.1, 0.15) is 6.29 Å². The number of hydrogen-bond donors (Lipinski definition) is 1. The molecule has 0 aliphatic rings. The van der Waals surface area contributed by atoms with Gasteiger partial charge in [-0.15, -0.1) is 0 Å². The molecule has 58 valence electrons. The van der Waals surface area contributed by atoms with Gasteiger partial charge < -0.3 is 15.3 Å². The molecule has 0 aromatic carbocycles. The molecule has 0 heterocycles. The quantitative estimate of drug-likeness (QED) is 0.422. The lowest BCUT2D eigenvalue weighted by Crippen LogP contribution is -2.35. The highest BCUT2D eigenvalue weighted by molar-refractivity contribution is 5.77. The van der Waals surface area contributed by atoms with Crippen LogP contribution in [0, 0.1) is 5.92 Å². The van der Waals surface area contributed by atoms with E-state index in [-0.39, 0.29) is 0 Å². The average molecular weight is 145 g/mol. The number of ether oxygens (including phenoxy) is 1. The van der Waals surface area contributed by atoms with Gasteiger partial charge >= 0.3 is 5.97 Å². The molecule has 4 heteroatoms. The first-order valence-corrected chi connectivity index (χ1v) is 2.92. The van der Waals surface area contributed by atoms with Gasteiger partial charge in [0.05, 0.1) is 19.1 Å². The summed E-state index contributed by atoms with van der Waals surface area (Å²) in [6, 6.07) is -0.757. The van der Waals surface area contributed by atoms with Crippen LogP contribution in [0.2, 0.25) is 0 Å². The summed E-state index contributed by atoms with van der Waals surface area (Å²) in [4.78, 5) is 20.7. The topological polar surface area (TPSA) is 69.4 Å². The van der Waals surface area contributed by atoms with E-state index in [1.165, 1.54) is 7.11 Å². The Morgan fingerprint density at radius 1 is 1.70 bits per heavy atom. The second kappa shape index (κ2) is 4.00. The summed E-state index contributed by atoms with van der Waals surface area (Å²) >= 11 is 0. The van der Waals surface area contributed by atoms with Crippen LogP contribution in [0.15, 0.2) is 0 Å². The van der Waals surface area contributed by atoms with Crippen molar-refractivity contribution in [2.75, 3.05) is 7.11 Å². The van der Waals surface area contributed by atoms with Crippen molar-refractivity contribution in [2.24, 2.45) is 11.7 Å². The maximum absolute atomic E-state index is 10.7. The van der Waals surface area contributed by atoms with Gasteiger partial charge in [0, 0.05) is 0 Å². The molecule has 0 spiro atoms. The number of hydrogen-bond acceptors (Lipinski definition) is 4. The molecular weight excluding hydrogens is 134 g/mol. The zero-order valence-corrected chi connectivity index (χ0v) is 6.03. The lowest BCUT2D eigenvalue weighted by Gasteiger charge is -2.10. The maximum Gasteiger partial charge on any atom is 0.310 e. The summed E-state index contributed by atoms with van der Waals surface area (Å²) in [7, 11) is 1.26. The predicted octanol–water partition coefficient (Wildman–Crippen LogP) is -0.678. The van der Waals surface area contributed by atoms with Crippen molar-refractivity contribution in [2.45, 2.75) is 13.0 Å². The van der Waals surface area contributed by atoms with Gasteiger partial charge in [-0.1, -0.05) is 0 Å². The molecule has 0 aromatic rings. The lowest BCUT2D eigenvalue weighted by atomic mass is 10.1. The first-order valence-electron chi connectivity index (χ1n) is 2.92. The van der Waals surface area contributed by atoms with Crippen molar-refractivity contribution >= 4 is 12.3 Å². The zero-order chi connectivity index (χ0) is 8.15. The SMILES string of the molecule is COC(=O)C(C)C(N)C=O. The van der Waals surface area contributed by atoms with Crippen molar-refractivity contribution in [3.05, 3.63) is 0 Å². The molecule has 2 unspecified atom stereocenters. The highest BCUT2D eigenvalue weighted by Gasteiger charge is 2.19. The molecule has 0 saturated heterocycles. The second-order valence-corrected chi connectivity index (χ2v) is 2.03. The first kappa shape index (κ1) is 9.10. The number of carbonyl (C=O) groups excluding carboxylic acids is 2. The molecule has 2 atom stereocenters. The molecule has 0 radical (unpaired) electrons. The monoisotopic (exact) mass is 145 g/mol. The third kappa shape index (κ3) is 2.14. The Labute approximate surface area is 59.3 Å². The number of nitrogens with two attached hydrogens (primary N) is 1. The number of aldehydes is 1. The molecule has 0 bridgehead atoms. The van der Waals surface area contributed by atoms with Gasteiger partial charge in [-0.2, -0.15) is 0 Å². The molecule has 4 nitrogen and oxygen atoms in total. The minimum Gasteiger partial charge on any atom is -0.469 e. The molecule has 0 aliphatic carbocycles. The summed E-state index contributed by atoms with van der Waals surface area (Å²) in [6.07, 6.45) is 0.529. The van der Waals surface area contributed by atoms with E-state index in [0.29, 0.717) is 6.29 Å². The third-order valence-corrected chi connectivity index (χ3v) is 1.31. The smallest absolute Gasteiger partial charge is 0.310 e. The minimum absolute atomic E-state index is 0.459. The van der Waals surface area contributed by atoms with Gasteiger partial charge in [0.25, 0.3) is 0 Å². The molecule has 2 N–H and O–H groups in total. The van der Waals surface area contributed by atoms with Crippen molar-refractivity contribution in [3.8, 4) is 0 Å². The van der Waals surface area contributed by atoms with Gasteiger partial charge in [-0.3, -0.25) is 4.79 Å². The Kier molecular flexibility index (Phi) is 3.64. The summed E-state index contributed by atoms with van der Waals surface area (Å²) in [5, 5.41) is 0. The van der Waals surface area contributed by atoms with Crippen LogP contribution in [-0.4, -0.2) is 25.4 Å². The van der Waals surface area contributed by atoms with Crippen LogP contribution in [0.5, 0.6) is 0 Å². The van der Waals surface area contributed by atoms with Gasteiger partial charge in [0.2, 0.25) is 0 Å². The van der Waals surface area contributed by atoms with E-state index in [4.69, 9.17) is 5.73 Å². The van der Waals surface area contributed by atoms with Crippen molar-refractivity contribution < 1.29 is 14.3 Å². The summed E-state index contributed by atoms with van der Waals surface area (Å²) < 4.78 is 4.36. The molecule has 0 rings (SSSR count). The van der Waals surface area contributed by atoms with Crippen molar-refractivity contribution in [3.63, 3.8) is 0 Å². The number of esters is 1. The van der Waals surface area contributed by atoms with Crippen LogP contribution in [0.1, 0.15) is 6.92 Å². The maximum atomic E-state index is 10.7. The molecule has 0 aliphatic heterocycles. The van der Waals surface area contributed by atoms with E-state index in [9.17, 15) is 9.59 Å². The molecule has 0 fully saturated rings. The molecule has 0 saturated carbocycles. The van der Waals surface area contributed by atoms with Crippen LogP contribution >= 0.6 is 0 Å². The molecular formula is C6H11NO3. The number of methoxy groups -OCH3 is 1. The van der Waals surface area contributed by atoms with E-state index in [0.717, 1.165) is 0 Å². The van der Waals surface area contributed by atoms with Crippen LogP contribution in [0.4, 0.5) is 0 Å². The Hall–Kier alpha value is -0.900. The van der Waals surface area contributed by atoms with Crippen LogP contribution < -0.4 is 5.73 Å². The van der Waals surface area contributed by atoms with Gasteiger partial charge in [-0.05, 0) is 6.92 Å². The molecule has 0 amide bonds. The standard InChI is InChI=1S/C6H11NO3/c1-4(5(7)3-8)6(9)10-2/h3-5H,7H2,1-2H3. The second-order valence-electron chi connectivity index (χ2n) is 2.03. The van der Waals surface area contributed by atoms with Gasteiger partial charge in [0.15, 0.2) is 0 Å². The number of rotatable bonds is 3. The summed E-state index contributed by atoms with van der Waals surface area (Å²) in [5.74, 6) is -1.01. The van der Waals surface area contributed by atoms with Crippen LogP contribution in [0.25, 0.3) is 0 Å². The Balaban J connectivity index is 3.93. The predicted molar refractivity (Wildman–Crippen MR) is 35.2 cm³/mol. The minimum atomic E-state index is -0.757. The number of carbonyl (C=O) groups is 2. The van der Waals surface area contributed by atoms with E-state index >= 15 is 0 Å². The summed E-state index contributed by atoms with van der Waals surface area (Å²) in [5.41, 5.74) is 5.22. The largest absolute Gasteiger partial charge is 0.469 e. The highest BCUT2D eigenvalue weighted by Crippen LogP contribution is 1.99. The van der Waals surface area contributed by atoms with Crippen LogP contribution in [0.3, 0.4) is 0 Å². The summed E-state index contributed by atoms with van der Waals surface area (Å²) in [6.45, 7) is 1.55. The van der Waals surface area contributed by atoms with Gasteiger partial charge in [-0.25, -0.2) is 0 Å². The molecule has 0 aromatic heterocycles. The van der Waals surface area contributed by atoms with E-state index in [1.807, 2.05) is 0 Å². The normalized spacial score (nSPS) is 15.5. The zero-order valence-electron chi connectivity index (χ0n) is 6.03. The Morgan fingerprint density at radius 2 is 2.20 bits per heavy atom. The van der Waals surface area contributed by atoms with E-state index < -0.39 is 17.9 Å². The van der Waals surface area contributed by atoms with E-state index in [2.05, 4.69) is 4.74 Å². The highest BCUT2D eigenvalue weighted by atomic mass is 16.5. The van der Waals surface area contributed by atoms with Crippen molar-refractivity contribution in [1.29, 1.82) is 0 Å². The fraction of sp³-hybridized carbons (Fsp3) is 0.667. The fourth-order valence-corrected chi connectivity index (χ4v) is 0.461. The third-order valence-electron chi connectivity index (χ3n) is 1.31. The molecule has 10 heavy (non-hydrogen) atoms. The average Bonchev–Trinajstić information content (AvgIpc) is 2.00. The van der Waals surface area contributed by atoms with Crippen LogP contribution in [-0.2, 0) is 14.3 Å². The fourth-order valence-electron chi connectivity index (χ4n) is 0.461. The Bertz CT molecular complexity index is 135. The Morgan fingerprint density at radius 3 is 2.50 bits per heavy atom. The van der Waals surface area contributed by atoms with Crippen molar-refractivity contribution in [1.82, 2.24) is 0 Å². The first-order chi connectivity index (χ1) is 4.63.